The van der Waals surface area contributed by atoms with E-state index in [1.807, 2.05) is 24.3 Å². The van der Waals surface area contributed by atoms with E-state index in [-0.39, 0.29) is 5.91 Å². The number of carbonyl (C=O) groups is 1. The molecule has 0 bridgehead atoms. The molecule has 5 nitrogen and oxygen atoms in total. The highest BCUT2D eigenvalue weighted by molar-refractivity contribution is 5.75. The fraction of sp³-hybridized carbons (Fsp3) is 0.562. The van der Waals surface area contributed by atoms with Crippen molar-refractivity contribution in [3.8, 4) is 5.75 Å². The first-order chi connectivity index (χ1) is 10.2. The number of primary amides is 1. The van der Waals surface area contributed by atoms with Crippen LogP contribution in [0.15, 0.2) is 24.3 Å². The maximum absolute atomic E-state index is 11.2. The highest BCUT2D eigenvalue weighted by Gasteiger charge is 2.23. The lowest BCUT2D eigenvalue weighted by Gasteiger charge is -2.27. The number of benzene rings is 1. The third-order valence-corrected chi connectivity index (χ3v) is 4.01. The van der Waals surface area contributed by atoms with Gasteiger partial charge in [0.15, 0.2) is 0 Å². The molecule has 1 aromatic rings. The molecule has 5 heteroatoms. The SMILES string of the molecule is NCc1ccc(OCCN(CC(N)=O)C2CCCC2)cc1. The number of rotatable bonds is 8. The molecule has 0 spiro atoms. The zero-order valence-corrected chi connectivity index (χ0v) is 12.5. The Labute approximate surface area is 126 Å². The van der Waals surface area contributed by atoms with Crippen molar-refractivity contribution >= 4 is 5.91 Å². The maximum Gasteiger partial charge on any atom is 0.231 e. The zero-order chi connectivity index (χ0) is 15.1. The summed E-state index contributed by atoms with van der Waals surface area (Å²) in [7, 11) is 0. The number of amides is 1. The normalized spacial score (nSPS) is 15.5. The van der Waals surface area contributed by atoms with Crippen molar-refractivity contribution in [2.45, 2.75) is 38.3 Å². The number of hydrogen-bond acceptors (Lipinski definition) is 4. The molecule has 1 saturated carbocycles. The average molecular weight is 291 g/mol. The van der Waals surface area contributed by atoms with Crippen molar-refractivity contribution in [3.63, 3.8) is 0 Å². The van der Waals surface area contributed by atoms with Crippen LogP contribution in [0.25, 0.3) is 0 Å². The Morgan fingerprint density at radius 2 is 1.90 bits per heavy atom. The van der Waals surface area contributed by atoms with Gasteiger partial charge in [-0.15, -0.1) is 0 Å². The van der Waals surface area contributed by atoms with E-state index in [0.717, 1.165) is 30.7 Å². The molecule has 1 aliphatic carbocycles. The second-order valence-corrected chi connectivity index (χ2v) is 5.57. The van der Waals surface area contributed by atoms with Crippen LogP contribution >= 0.6 is 0 Å². The molecule has 1 aliphatic rings. The van der Waals surface area contributed by atoms with Crippen molar-refractivity contribution in [2.75, 3.05) is 19.7 Å². The van der Waals surface area contributed by atoms with Gasteiger partial charge < -0.3 is 16.2 Å². The van der Waals surface area contributed by atoms with Gasteiger partial charge in [-0.2, -0.15) is 0 Å². The molecule has 0 aliphatic heterocycles. The van der Waals surface area contributed by atoms with Crippen molar-refractivity contribution < 1.29 is 9.53 Å². The highest BCUT2D eigenvalue weighted by Crippen LogP contribution is 2.23. The number of nitrogens with zero attached hydrogens (tertiary/aromatic N) is 1. The lowest BCUT2D eigenvalue weighted by molar-refractivity contribution is -0.119. The first kappa shape index (κ1) is 15.8. The van der Waals surface area contributed by atoms with Gasteiger partial charge in [0.2, 0.25) is 5.91 Å². The van der Waals surface area contributed by atoms with Crippen LogP contribution in [-0.2, 0) is 11.3 Å². The van der Waals surface area contributed by atoms with E-state index in [4.69, 9.17) is 16.2 Å². The Hall–Kier alpha value is -1.59. The Bertz CT molecular complexity index is 441. The van der Waals surface area contributed by atoms with Gasteiger partial charge in [-0.25, -0.2) is 0 Å². The van der Waals surface area contributed by atoms with E-state index in [9.17, 15) is 4.79 Å². The molecule has 21 heavy (non-hydrogen) atoms. The second kappa shape index (κ2) is 8.00. The fourth-order valence-corrected chi connectivity index (χ4v) is 2.86. The average Bonchev–Trinajstić information content (AvgIpc) is 3.00. The minimum atomic E-state index is -0.269. The Morgan fingerprint density at radius 1 is 1.24 bits per heavy atom. The van der Waals surface area contributed by atoms with Gasteiger partial charge in [-0.1, -0.05) is 25.0 Å². The molecule has 0 unspecified atom stereocenters. The van der Waals surface area contributed by atoms with Crippen LogP contribution in [0.1, 0.15) is 31.2 Å². The third-order valence-electron chi connectivity index (χ3n) is 4.01. The molecule has 1 aromatic carbocycles. The first-order valence-electron chi connectivity index (χ1n) is 7.63. The van der Waals surface area contributed by atoms with E-state index >= 15 is 0 Å². The van der Waals surface area contributed by atoms with Gasteiger partial charge >= 0.3 is 0 Å². The van der Waals surface area contributed by atoms with Crippen molar-refractivity contribution in [1.29, 1.82) is 0 Å². The van der Waals surface area contributed by atoms with Crippen LogP contribution in [0, 0.1) is 0 Å². The summed E-state index contributed by atoms with van der Waals surface area (Å²) in [5.74, 6) is 0.562. The van der Waals surface area contributed by atoms with Crippen LogP contribution in [-0.4, -0.2) is 36.5 Å². The quantitative estimate of drug-likeness (QED) is 0.755. The molecule has 2 rings (SSSR count). The first-order valence-corrected chi connectivity index (χ1v) is 7.63. The summed E-state index contributed by atoms with van der Waals surface area (Å²) >= 11 is 0. The lowest BCUT2D eigenvalue weighted by Crippen LogP contribution is -2.42. The summed E-state index contributed by atoms with van der Waals surface area (Å²) < 4.78 is 5.74. The highest BCUT2D eigenvalue weighted by atomic mass is 16.5. The molecule has 0 aromatic heterocycles. The smallest absolute Gasteiger partial charge is 0.231 e. The van der Waals surface area contributed by atoms with E-state index < -0.39 is 0 Å². The lowest BCUT2D eigenvalue weighted by atomic mass is 10.2. The third kappa shape index (κ3) is 5.02. The van der Waals surface area contributed by atoms with Crippen molar-refractivity contribution in [2.24, 2.45) is 11.5 Å². The molecule has 116 valence electrons. The van der Waals surface area contributed by atoms with E-state index in [1.165, 1.54) is 12.8 Å². The van der Waals surface area contributed by atoms with Gasteiger partial charge in [-0.3, -0.25) is 9.69 Å². The predicted molar refractivity (Wildman–Crippen MR) is 82.9 cm³/mol. The van der Waals surface area contributed by atoms with Gasteiger partial charge in [0, 0.05) is 19.1 Å². The number of ether oxygens (including phenoxy) is 1. The molecule has 4 N–H and O–H groups in total. The molecular weight excluding hydrogens is 266 g/mol. The summed E-state index contributed by atoms with van der Waals surface area (Å²) in [6.07, 6.45) is 4.78. The number of carbonyl (C=O) groups excluding carboxylic acids is 1. The zero-order valence-electron chi connectivity index (χ0n) is 12.5. The second-order valence-electron chi connectivity index (χ2n) is 5.57. The van der Waals surface area contributed by atoms with Crippen molar-refractivity contribution in [1.82, 2.24) is 4.90 Å². The molecule has 1 amide bonds. The van der Waals surface area contributed by atoms with Gasteiger partial charge in [-0.05, 0) is 30.5 Å². The van der Waals surface area contributed by atoms with Crippen LogP contribution in [0.5, 0.6) is 5.75 Å². The summed E-state index contributed by atoms with van der Waals surface area (Å²) in [4.78, 5) is 13.4. The summed E-state index contributed by atoms with van der Waals surface area (Å²) in [6, 6.07) is 8.26. The van der Waals surface area contributed by atoms with E-state index in [1.54, 1.807) is 0 Å². The van der Waals surface area contributed by atoms with E-state index in [0.29, 0.717) is 25.7 Å². The van der Waals surface area contributed by atoms with Crippen LogP contribution in [0.3, 0.4) is 0 Å². The van der Waals surface area contributed by atoms with E-state index in [2.05, 4.69) is 4.90 Å². The molecule has 0 heterocycles. The number of hydrogen-bond donors (Lipinski definition) is 2. The number of nitrogens with two attached hydrogens (primary N) is 2. The van der Waals surface area contributed by atoms with Gasteiger partial charge in [0.1, 0.15) is 12.4 Å². The van der Waals surface area contributed by atoms with Crippen LogP contribution in [0.2, 0.25) is 0 Å². The summed E-state index contributed by atoms with van der Waals surface area (Å²) in [5, 5.41) is 0. The molecule has 0 atom stereocenters. The maximum atomic E-state index is 11.2. The Morgan fingerprint density at radius 3 is 2.48 bits per heavy atom. The standard InChI is InChI=1S/C16H25N3O2/c17-11-13-5-7-15(8-6-13)21-10-9-19(12-16(18)20)14-3-1-2-4-14/h5-8,14H,1-4,9-12,17H2,(H2,18,20). The molecule has 0 radical (unpaired) electrons. The molecule has 0 saturated heterocycles. The molecule has 1 fully saturated rings. The Balaban J connectivity index is 1.81. The summed E-state index contributed by atoms with van der Waals surface area (Å²) in [5.41, 5.74) is 12.0. The summed E-state index contributed by atoms with van der Waals surface area (Å²) in [6.45, 7) is 2.15. The minimum absolute atomic E-state index is 0.269. The van der Waals surface area contributed by atoms with Crippen molar-refractivity contribution in [3.05, 3.63) is 29.8 Å². The van der Waals surface area contributed by atoms with Gasteiger partial charge in [0.05, 0.1) is 6.54 Å². The van der Waals surface area contributed by atoms with Crippen LogP contribution in [0.4, 0.5) is 0 Å². The van der Waals surface area contributed by atoms with Gasteiger partial charge in [0.25, 0.3) is 0 Å². The fourth-order valence-electron chi connectivity index (χ4n) is 2.86. The topological polar surface area (TPSA) is 81.6 Å². The predicted octanol–water partition coefficient (Wildman–Crippen LogP) is 1.25. The molecular formula is C16H25N3O2. The minimum Gasteiger partial charge on any atom is -0.492 e. The largest absolute Gasteiger partial charge is 0.492 e. The Kier molecular flexibility index (Phi) is 6.02. The monoisotopic (exact) mass is 291 g/mol. The van der Waals surface area contributed by atoms with Crippen LogP contribution < -0.4 is 16.2 Å².